The largest absolute Gasteiger partial charge is 0.495 e. The van der Waals surface area contributed by atoms with Crippen molar-refractivity contribution in [3.05, 3.63) is 82.2 Å². The third-order valence-electron chi connectivity index (χ3n) is 6.32. The van der Waals surface area contributed by atoms with E-state index < -0.39 is 6.04 Å². The summed E-state index contributed by atoms with van der Waals surface area (Å²) >= 11 is 6.23. The van der Waals surface area contributed by atoms with Gasteiger partial charge in [-0.15, -0.1) is 0 Å². The Morgan fingerprint density at radius 1 is 1.22 bits per heavy atom. The van der Waals surface area contributed by atoms with E-state index in [-0.39, 0.29) is 17.8 Å². The van der Waals surface area contributed by atoms with Gasteiger partial charge in [0.1, 0.15) is 18.1 Å². The number of methoxy groups -OCH3 is 1. The molecule has 8 heteroatoms. The normalized spacial score (nSPS) is 16.7. The summed E-state index contributed by atoms with van der Waals surface area (Å²) in [6.07, 6.45) is 5.87. The molecule has 2 unspecified atom stereocenters. The predicted octanol–water partition coefficient (Wildman–Crippen LogP) is 5.43. The number of hydrogen-bond acceptors (Lipinski definition) is 6. The van der Waals surface area contributed by atoms with Gasteiger partial charge in [-0.1, -0.05) is 29.3 Å². The highest BCUT2D eigenvalue weighted by Gasteiger charge is 2.29. The number of nitrogens with one attached hydrogen (secondary N) is 1. The summed E-state index contributed by atoms with van der Waals surface area (Å²) in [4.78, 5) is 39.1. The van der Waals surface area contributed by atoms with Crippen molar-refractivity contribution in [2.45, 2.75) is 45.3 Å². The molecule has 0 bridgehead atoms. The number of Topliss-reactive ketones (excluding diaryl/α,β-unsaturated/α-hetero) is 1. The Morgan fingerprint density at radius 3 is 2.54 bits per heavy atom. The maximum Gasteiger partial charge on any atom is 0.247 e. The molecule has 37 heavy (non-hydrogen) atoms. The smallest absolute Gasteiger partial charge is 0.247 e. The van der Waals surface area contributed by atoms with Crippen LogP contribution in [0.1, 0.15) is 47.7 Å². The molecule has 1 aliphatic heterocycles. The minimum Gasteiger partial charge on any atom is -0.495 e. The zero-order valence-corrected chi connectivity index (χ0v) is 22.4. The molecule has 196 valence electrons. The van der Waals surface area contributed by atoms with Crippen molar-refractivity contribution in [2.75, 3.05) is 26.1 Å². The number of hydrogen-bond donors (Lipinski definition) is 1. The van der Waals surface area contributed by atoms with Gasteiger partial charge in [0.25, 0.3) is 0 Å². The van der Waals surface area contributed by atoms with E-state index in [0.717, 1.165) is 18.4 Å². The number of ether oxygens (including phenoxy) is 2. The number of amides is 1. The monoisotopic (exact) mass is 524 g/mol. The van der Waals surface area contributed by atoms with Crippen LogP contribution < -0.4 is 5.32 Å². The zero-order valence-electron chi connectivity index (χ0n) is 21.6. The first-order valence-corrected chi connectivity index (χ1v) is 12.5. The molecule has 1 N–H and O–H groups in total. The lowest BCUT2D eigenvalue weighted by Gasteiger charge is -2.29. The number of likely N-dealkylation sites (N-methyl/N-ethyl adjacent to an activating group) is 1. The first kappa shape index (κ1) is 28.2. The predicted molar refractivity (Wildman–Crippen MR) is 146 cm³/mol. The lowest BCUT2D eigenvalue weighted by atomic mass is 9.95. The fourth-order valence-corrected chi connectivity index (χ4v) is 4.50. The van der Waals surface area contributed by atoms with Crippen molar-refractivity contribution < 1.29 is 23.9 Å². The third kappa shape index (κ3) is 7.54. The zero-order chi connectivity index (χ0) is 26.9. The molecule has 1 saturated heterocycles. The topological polar surface area (TPSA) is 84.9 Å². The quantitative estimate of drug-likeness (QED) is 0.139. The van der Waals surface area contributed by atoms with Crippen LogP contribution in [-0.4, -0.2) is 55.8 Å². The van der Waals surface area contributed by atoms with Crippen LogP contribution >= 0.6 is 11.6 Å². The molecular formula is C29H33ClN2O5. The lowest BCUT2D eigenvalue weighted by Crippen LogP contribution is -2.41. The second kappa shape index (κ2) is 13.2. The van der Waals surface area contributed by atoms with Crippen molar-refractivity contribution >= 4 is 40.8 Å². The highest BCUT2D eigenvalue weighted by atomic mass is 35.5. The summed E-state index contributed by atoms with van der Waals surface area (Å²) in [6.45, 7) is 4.10. The highest BCUT2D eigenvalue weighted by molar-refractivity contribution is 6.31. The second-order valence-electron chi connectivity index (χ2n) is 9.07. The standard InChI is InChI=1S/C29H33ClN2O5/c1-19-7-10-22(11-8-19)31-29(35)27(17-23-6-5-15-37-23)32(3)18-28(36-4)25(13-14-33)26-16-21(30)9-12-24(26)20(2)34/h7-14,16,18,23,27H,5-6,15,17H2,1-4H3,(H,31,35)/b25-13-,28-18+. The molecule has 2 aromatic rings. The molecule has 1 aliphatic rings. The van der Waals surface area contributed by atoms with Gasteiger partial charge in [0.2, 0.25) is 5.91 Å². The Balaban J connectivity index is 1.97. The van der Waals surface area contributed by atoms with E-state index in [4.69, 9.17) is 21.1 Å². The van der Waals surface area contributed by atoms with Gasteiger partial charge in [-0.3, -0.25) is 14.4 Å². The maximum absolute atomic E-state index is 13.4. The molecule has 0 saturated carbocycles. The highest BCUT2D eigenvalue weighted by Crippen LogP contribution is 2.30. The lowest BCUT2D eigenvalue weighted by molar-refractivity contribution is -0.121. The molecule has 2 aromatic carbocycles. The van der Waals surface area contributed by atoms with Crippen molar-refractivity contribution in [1.82, 2.24) is 4.90 Å². The fourth-order valence-electron chi connectivity index (χ4n) is 4.33. The summed E-state index contributed by atoms with van der Waals surface area (Å²) in [7, 11) is 3.24. The molecule has 1 fully saturated rings. The Hall–Kier alpha value is -3.42. The maximum atomic E-state index is 13.4. The molecular weight excluding hydrogens is 492 g/mol. The molecule has 7 nitrogen and oxygen atoms in total. The fraction of sp³-hybridized carbons (Fsp3) is 0.345. The number of carbonyl (C=O) groups excluding carboxylic acids is 3. The number of aldehydes is 1. The van der Waals surface area contributed by atoms with Gasteiger partial charge >= 0.3 is 0 Å². The summed E-state index contributed by atoms with van der Waals surface area (Å²) in [5, 5.41) is 3.41. The van der Waals surface area contributed by atoms with Gasteiger partial charge in [-0.05, 0) is 68.7 Å². The molecule has 0 spiro atoms. The number of halogens is 1. The average Bonchev–Trinajstić information content (AvgIpc) is 3.39. The minimum atomic E-state index is -0.585. The van der Waals surface area contributed by atoms with Crippen LogP contribution in [0, 0.1) is 6.92 Å². The number of benzene rings is 2. The van der Waals surface area contributed by atoms with E-state index in [1.54, 1.807) is 36.3 Å². The molecule has 3 rings (SSSR count). The van der Waals surface area contributed by atoms with Gasteiger partial charge in [0.15, 0.2) is 5.78 Å². The van der Waals surface area contributed by atoms with Gasteiger partial charge in [-0.2, -0.15) is 0 Å². The van der Waals surface area contributed by atoms with Gasteiger partial charge in [-0.25, -0.2) is 0 Å². The number of nitrogens with zero attached hydrogens (tertiary/aromatic N) is 1. The Labute approximate surface area is 223 Å². The van der Waals surface area contributed by atoms with E-state index in [9.17, 15) is 14.4 Å². The Kier molecular flexibility index (Phi) is 10.1. The van der Waals surface area contributed by atoms with Crippen LogP contribution in [0.4, 0.5) is 5.69 Å². The second-order valence-corrected chi connectivity index (χ2v) is 9.50. The molecule has 1 heterocycles. The van der Waals surface area contributed by atoms with E-state index in [1.165, 1.54) is 20.1 Å². The van der Waals surface area contributed by atoms with Crippen molar-refractivity contribution in [1.29, 1.82) is 0 Å². The number of anilines is 1. The van der Waals surface area contributed by atoms with E-state index in [2.05, 4.69) is 5.32 Å². The van der Waals surface area contributed by atoms with Crippen LogP contribution in [0.3, 0.4) is 0 Å². The van der Waals surface area contributed by atoms with E-state index in [1.807, 2.05) is 31.2 Å². The summed E-state index contributed by atoms with van der Waals surface area (Å²) in [6, 6.07) is 11.9. The van der Waals surface area contributed by atoms with E-state index >= 15 is 0 Å². The van der Waals surface area contributed by atoms with Crippen molar-refractivity contribution in [2.24, 2.45) is 0 Å². The van der Waals surface area contributed by atoms with Gasteiger partial charge in [0.05, 0.1) is 13.2 Å². The van der Waals surface area contributed by atoms with E-state index in [0.29, 0.717) is 52.5 Å². The molecule has 0 aliphatic carbocycles. The number of allylic oxidation sites excluding steroid dienone is 2. The van der Waals surface area contributed by atoms with Crippen LogP contribution in [0.25, 0.3) is 5.57 Å². The van der Waals surface area contributed by atoms with Crippen LogP contribution in [0.15, 0.2) is 60.5 Å². The number of carbonyl (C=O) groups is 3. The average molecular weight is 525 g/mol. The van der Waals surface area contributed by atoms with Gasteiger partial charge < -0.3 is 19.7 Å². The van der Waals surface area contributed by atoms with Crippen molar-refractivity contribution in [3.63, 3.8) is 0 Å². The number of ketones is 1. The Bertz CT molecular complexity index is 1180. The van der Waals surface area contributed by atoms with Crippen LogP contribution in [0.2, 0.25) is 5.02 Å². The SMILES string of the molecule is COC(=C/N(C)C(CC1CCCO1)C(=O)Nc1ccc(C)cc1)/C(=C\C=O)c1cc(Cl)ccc1C(C)=O. The first-order chi connectivity index (χ1) is 17.7. The minimum absolute atomic E-state index is 0.0437. The van der Waals surface area contributed by atoms with Gasteiger partial charge in [0, 0.05) is 48.1 Å². The number of aryl methyl sites for hydroxylation is 1. The van der Waals surface area contributed by atoms with Crippen LogP contribution in [-0.2, 0) is 19.1 Å². The summed E-state index contributed by atoms with van der Waals surface area (Å²) in [5.74, 6) is -0.0671. The molecule has 0 radical (unpaired) electrons. The third-order valence-corrected chi connectivity index (χ3v) is 6.55. The Morgan fingerprint density at radius 2 is 1.95 bits per heavy atom. The summed E-state index contributed by atoms with van der Waals surface area (Å²) < 4.78 is 11.5. The molecule has 2 atom stereocenters. The first-order valence-electron chi connectivity index (χ1n) is 12.2. The van der Waals surface area contributed by atoms with Crippen LogP contribution in [0.5, 0.6) is 0 Å². The molecule has 1 amide bonds. The number of rotatable bonds is 11. The molecule has 0 aromatic heterocycles. The van der Waals surface area contributed by atoms with Crippen molar-refractivity contribution in [3.8, 4) is 0 Å². The summed E-state index contributed by atoms with van der Waals surface area (Å²) in [5.41, 5.74) is 3.04.